The molecular formula is C16H33IO2. The first-order valence-electron chi connectivity index (χ1n) is 7.96. The lowest BCUT2D eigenvalue weighted by molar-refractivity contribution is -0.0560. The fourth-order valence-electron chi connectivity index (χ4n) is 2.19. The van der Waals surface area contributed by atoms with Crippen molar-refractivity contribution in [2.24, 2.45) is 5.92 Å². The van der Waals surface area contributed by atoms with Gasteiger partial charge in [0.2, 0.25) is 0 Å². The van der Waals surface area contributed by atoms with E-state index in [0.29, 0.717) is 6.79 Å². The van der Waals surface area contributed by atoms with E-state index in [4.69, 9.17) is 9.47 Å². The zero-order valence-corrected chi connectivity index (χ0v) is 15.3. The van der Waals surface area contributed by atoms with Crippen LogP contribution in [0.15, 0.2) is 0 Å². The van der Waals surface area contributed by atoms with Crippen LogP contribution in [0.3, 0.4) is 0 Å². The number of unbranched alkanes of at least 4 members (excludes halogenated alkanes) is 4. The van der Waals surface area contributed by atoms with E-state index in [0.717, 1.165) is 29.5 Å². The average molecular weight is 384 g/mol. The normalized spacial score (nSPS) is 14.5. The minimum Gasteiger partial charge on any atom is -0.355 e. The zero-order chi connectivity index (χ0) is 14.3. The third kappa shape index (κ3) is 16.6. The Hall–Kier alpha value is 0.650. The molecule has 0 aliphatic heterocycles. The van der Waals surface area contributed by atoms with Crippen molar-refractivity contribution in [1.82, 2.24) is 0 Å². The molecule has 0 aromatic rings. The van der Waals surface area contributed by atoms with Crippen LogP contribution in [0.2, 0.25) is 0 Å². The Morgan fingerprint density at radius 1 is 0.895 bits per heavy atom. The van der Waals surface area contributed by atoms with Crippen LogP contribution in [0.5, 0.6) is 0 Å². The quantitative estimate of drug-likeness (QED) is 0.169. The summed E-state index contributed by atoms with van der Waals surface area (Å²) in [6, 6.07) is 0. The molecule has 116 valence electrons. The lowest BCUT2D eigenvalue weighted by atomic mass is 10.0. The summed E-state index contributed by atoms with van der Waals surface area (Å²) < 4.78 is 11.7. The summed E-state index contributed by atoms with van der Waals surface area (Å²) in [6.45, 7) is 9.03. The molecule has 0 aromatic carbocycles. The van der Waals surface area contributed by atoms with Gasteiger partial charge < -0.3 is 9.47 Å². The molecule has 0 aliphatic rings. The highest BCUT2D eigenvalue weighted by Crippen LogP contribution is 2.17. The van der Waals surface area contributed by atoms with Crippen molar-refractivity contribution in [1.29, 1.82) is 0 Å². The van der Waals surface area contributed by atoms with Crippen molar-refractivity contribution in [3.8, 4) is 0 Å². The van der Waals surface area contributed by atoms with E-state index >= 15 is 0 Å². The van der Waals surface area contributed by atoms with Gasteiger partial charge in [-0.05, 0) is 31.6 Å². The van der Waals surface area contributed by atoms with Gasteiger partial charge in [-0.1, -0.05) is 69.0 Å². The van der Waals surface area contributed by atoms with Crippen LogP contribution in [0, 0.1) is 5.92 Å². The van der Waals surface area contributed by atoms with Crippen LogP contribution >= 0.6 is 22.6 Å². The number of rotatable bonds is 14. The van der Waals surface area contributed by atoms with Gasteiger partial charge in [0.15, 0.2) is 0 Å². The molecule has 19 heavy (non-hydrogen) atoms. The summed E-state index contributed by atoms with van der Waals surface area (Å²) in [5, 5.41) is 0. The van der Waals surface area contributed by atoms with Gasteiger partial charge in [0, 0.05) is 17.1 Å². The highest BCUT2D eigenvalue weighted by Gasteiger charge is 2.05. The molecule has 2 atom stereocenters. The maximum Gasteiger partial charge on any atom is 0.146 e. The van der Waals surface area contributed by atoms with Gasteiger partial charge in [-0.3, -0.25) is 0 Å². The van der Waals surface area contributed by atoms with E-state index in [1.165, 1.54) is 44.9 Å². The maximum absolute atomic E-state index is 5.49. The number of alkyl halides is 1. The van der Waals surface area contributed by atoms with Crippen LogP contribution in [0.4, 0.5) is 0 Å². The monoisotopic (exact) mass is 384 g/mol. The first-order valence-corrected chi connectivity index (χ1v) is 9.21. The molecule has 0 N–H and O–H groups in total. The second kappa shape index (κ2) is 15.0. The van der Waals surface area contributed by atoms with Crippen molar-refractivity contribution in [2.45, 2.75) is 76.1 Å². The number of ether oxygens (including phenoxy) is 2. The molecule has 0 amide bonds. The second-order valence-electron chi connectivity index (χ2n) is 5.61. The standard InChI is InChI=1S/C16H33IO2/c1-4-5-6-7-8-11-18-14-19-12-9-10-15(2)13-16(3)17/h15-16H,4-14H2,1-3H3. The van der Waals surface area contributed by atoms with Gasteiger partial charge in [-0.25, -0.2) is 0 Å². The summed E-state index contributed by atoms with van der Waals surface area (Å²) in [4.78, 5) is 0. The molecule has 0 bridgehead atoms. The molecule has 0 spiro atoms. The number of hydrogen-bond donors (Lipinski definition) is 0. The first kappa shape index (κ1) is 19.7. The van der Waals surface area contributed by atoms with Crippen LogP contribution in [-0.4, -0.2) is 23.9 Å². The Kier molecular flexibility index (Phi) is 15.6. The minimum atomic E-state index is 0.477. The Morgan fingerprint density at radius 3 is 2.16 bits per heavy atom. The van der Waals surface area contributed by atoms with Gasteiger partial charge >= 0.3 is 0 Å². The molecule has 0 heterocycles. The first-order chi connectivity index (χ1) is 9.16. The van der Waals surface area contributed by atoms with Crippen LogP contribution < -0.4 is 0 Å². The lowest BCUT2D eigenvalue weighted by Gasteiger charge is -2.12. The minimum absolute atomic E-state index is 0.477. The molecule has 0 saturated heterocycles. The predicted molar refractivity (Wildman–Crippen MR) is 92.0 cm³/mol. The predicted octanol–water partition coefficient (Wildman–Crippen LogP) is 5.58. The van der Waals surface area contributed by atoms with E-state index in [2.05, 4.69) is 43.4 Å². The van der Waals surface area contributed by atoms with Crippen molar-refractivity contribution >= 4 is 22.6 Å². The van der Waals surface area contributed by atoms with Crippen molar-refractivity contribution in [3.63, 3.8) is 0 Å². The third-order valence-electron chi connectivity index (χ3n) is 3.27. The fraction of sp³-hybridized carbons (Fsp3) is 1.00. The molecule has 0 aromatic heterocycles. The third-order valence-corrected chi connectivity index (χ3v) is 3.78. The van der Waals surface area contributed by atoms with E-state index in [-0.39, 0.29) is 0 Å². The topological polar surface area (TPSA) is 18.5 Å². The summed E-state index contributed by atoms with van der Waals surface area (Å²) >= 11 is 2.50. The average Bonchev–Trinajstić information content (AvgIpc) is 2.35. The smallest absolute Gasteiger partial charge is 0.146 e. The molecular weight excluding hydrogens is 351 g/mol. The van der Waals surface area contributed by atoms with Crippen molar-refractivity contribution < 1.29 is 9.47 Å². The summed E-state index contributed by atoms with van der Waals surface area (Å²) in [7, 11) is 0. The molecule has 3 heteroatoms. The Labute approximate surface area is 134 Å². The molecule has 0 radical (unpaired) electrons. The Bertz CT molecular complexity index is 174. The van der Waals surface area contributed by atoms with E-state index in [1.54, 1.807) is 0 Å². The van der Waals surface area contributed by atoms with Crippen molar-refractivity contribution in [2.75, 3.05) is 20.0 Å². The fourth-order valence-corrected chi connectivity index (χ4v) is 3.06. The van der Waals surface area contributed by atoms with E-state index in [9.17, 15) is 0 Å². The zero-order valence-electron chi connectivity index (χ0n) is 13.1. The highest BCUT2D eigenvalue weighted by molar-refractivity contribution is 14.1. The SMILES string of the molecule is CCCCCCCOCOCCCC(C)CC(C)I. The van der Waals surface area contributed by atoms with E-state index < -0.39 is 0 Å². The van der Waals surface area contributed by atoms with Gasteiger partial charge in [0.25, 0.3) is 0 Å². The van der Waals surface area contributed by atoms with Crippen LogP contribution in [-0.2, 0) is 9.47 Å². The molecule has 0 aliphatic carbocycles. The maximum atomic E-state index is 5.49. The molecule has 2 unspecified atom stereocenters. The summed E-state index contributed by atoms with van der Waals surface area (Å²) in [6.07, 6.45) is 10.2. The van der Waals surface area contributed by atoms with Crippen molar-refractivity contribution in [3.05, 3.63) is 0 Å². The Balaban J connectivity index is 3.06. The van der Waals surface area contributed by atoms with Gasteiger partial charge in [0.05, 0.1) is 0 Å². The molecule has 2 nitrogen and oxygen atoms in total. The molecule has 0 rings (SSSR count). The molecule has 0 fully saturated rings. The second-order valence-corrected chi connectivity index (χ2v) is 7.74. The highest BCUT2D eigenvalue weighted by atomic mass is 127. The van der Waals surface area contributed by atoms with Gasteiger partial charge in [-0.15, -0.1) is 0 Å². The lowest BCUT2D eigenvalue weighted by Crippen LogP contribution is -2.06. The van der Waals surface area contributed by atoms with Gasteiger partial charge in [0.1, 0.15) is 6.79 Å². The summed E-state index contributed by atoms with van der Waals surface area (Å²) in [5.74, 6) is 0.815. The molecule has 0 saturated carbocycles. The van der Waals surface area contributed by atoms with Crippen LogP contribution in [0.1, 0.15) is 72.1 Å². The number of hydrogen-bond acceptors (Lipinski definition) is 2. The summed E-state index contributed by atoms with van der Waals surface area (Å²) in [5.41, 5.74) is 0. The Morgan fingerprint density at radius 2 is 1.53 bits per heavy atom. The van der Waals surface area contributed by atoms with Gasteiger partial charge in [-0.2, -0.15) is 0 Å². The largest absolute Gasteiger partial charge is 0.355 e. The number of halogens is 1. The van der Waals surface area contributed by atoms with E-state index in [1.807, 2.05) is 0 Å². The van der Waals surface area contributed by atoms with Crippen LogP contribution in [0.25, 0.3) is 0 Å².